The van der Waals surface area contributed by atoms with E-state index in [4.69, 9.17) is 5.11 Å². The van der Waals surface area contributed by atoms with E-state index in [9.17, 15) is 22.8 Å². The molecule has 0 spiro atoms. The lowest BCUT2D eigenvalue weighted by molar-refractivity contribution is -0.139. The van der Waals surface area contributed by atoms with E-state index in [-0.39, 0.29) is 12.0 Å². The third kappa shape index (κ3) is 4.25. The highest BCUT2D eigenvalue weighted by Gasteiger charge is 2.31. The number of nitrogens with one attached hydrogen (secondary N) is 1. The number of carboxylic acid groups (broad SMARTS) is 1. The molecule has 110 valence electrons. The third-order valence-electron chi connectivity index (χ3n) is 2.63. The molecule has 20 heavy (non-hydrogen) atoms. The molecule has 0 saturated carbocycles. The molecule has 2 N–H and O–H groups in total. The minimum Gasteiger partial charge on any atom is -0.480 e. The Bertz CT molecular complexity index is 500. The lowest BCUT2D eigenvalue weighted by Gasteiger charge is -2.14. The van der Waals surface area contributed by atoms with Gasteiger partial charge in [0.25, 0.3) is 5.91 Å². The highest BCUT2D eigenvalue weighted by Crippen LogP contribution is 2.29. The fourth-order valence-electron chi connectivity index (χ4n) is 1.62. The second-order valence-corrected chi connectivity index (χ2v) is 4.23. The van der Waals surface area contributed by atoms with Crippen molar-refractivity contribution in [2.45, 2.75) is 32.0 Å². The topological polar surface area (TPSA) is 66.4 Å². The number of hydrogen-bond donors (Lipinski definition) is 2. The van der Waals surface area contributed by atoms with Gasteiger partial charge in [0.1, 0.15) is 6.04 Å². The first kappa shape index (κ1) is 16.0. The maximum absolute atomic E-state index is 12.5. The number of benzene rings is 1. The molecular formula is C13H14F3NO3. The quantitative estimate of drug-likeness (QED) is 0.875. The molecule has 7 heteroatoms. The predicted octanol–water partition coefficient (Wildman–Crippen LogP) is 2.69. The van der Waals surface area contributed by atoms with Crippen LogP contribution in [0.5, 0.6) is 0 Å². The van der Waals surface area contributed by atoms with Crippen LogP contribution in [0.15, 0.2) is 24.3 Å². The number of aliphatic carboxylic acids is 1. The first-order valence-electron chi connectivity index (χ1n) is 5.96. The zero-order chi connectivity index (χ0) is 15.3. The molecule has 0 saturated heterocycles. The summed E-state index contributed by atoms with van der Waals surface area (Å²) in [6.45, 7) is 1.74. The standard InChI is InChI=1S/C13H14F3NO3/c1-2-4-10(12(19)20)17-11(18)8-5-3-6-9(7-8)13(14,15)16/h3,5-7,10H,2,4H2,1H3,(H,17,18)(H,19,20)/t10-/m1/s1. The molecule has 0 aliphatic heterocycles. The van der Waals surface area contributed by atoms with E-state index >= 15 is 0 Å². The van der Waals surface area contributed by atoms with Crippen LogP contribution in [0.25, 0.3) is 0 Å². The zero-order valence-corrected chi connectivity index (χ0v) is 10.7. The van der Waals surface area contributed by atoms with Gasteiger partial charge in [-0.05, 0) is 24.6 Å². The number of alkyl halides is 3. The van der Waals surface area contributed by atoms with Crippen LogP contribution in [0, 0.1) is 0 Å². The first-order chi connectivity index (χ1) is 9.25. The van der Waals surface area contributed by atoms with E-state index in [2.05, 4.69) is 5.32 Å². The van der Waals surface area contributed by atoms with Crippen LogP contribution in [-0.2, 0) is 11.0 Å². The second kappa shape index (κ2) is 6.40. The van der Waals surface area contributed by atoms with Gasteiger partial charge in [0.15, 0.2) is 0 Å². The van der Waals surface area contributed by atoms with Crippen molar-refractivity contribution in [3.8, 4) is 0 Å². The molecule has 4 nitrogen and oxygen atoms in total. The summed E-state index contributed by atoms with van der Waals surface area (Å²) in [6.07, 6.45) is -3.81. The third-order valence-corrected chi connectivity index (χ3v) is 2.63. The molecular weight excluding hydrogens is 275 g/mol. The summed E-state index contributed by atoms with van der Waals surface area (Å²) >= 11 is 0. The number of halogens is 3. The number of hydrogen-bond acceptors (Lipinski definition) is 2. The van der Waals surface area contributed by atoms with Crippen molar-refractivity contribution >= 4 is 11.9 Å². The van der Waals surface area contributed by atoms with Gasteiger partial charge in [0, 0.05) is 5.56 Å². The van der Waals surface area contributed by atoms with Crippen LogP contribution in [0.4, 0.5) is 13.2 Å². The Kier molecular flexibility index (Phi) is 5.12. The summed E-state index contributed by atoms with van der Waals surface area (Å²) in [5.74, 6) is -2.05. The Labute approximate surface area is 113 Å². The monoisotopic (exact) mass is 289 g/mol. The fourth-order valence-corrected chi connectivity index (χ4v) is 1.62. The smallest absolute Gasteiger partial charge is 0.416 e. The molecule has 0 aliphatic carbocycles. The van der Waals surface area contributed by atoms with Crippen LogP contribution in [0.3, 0.4) is 0 Å². The number of rotatable bonds is 5. The molecule has 0 aromatic heterocycles. The summed E-state index contributed by atoms with van der Waals surface area (Å²) in [5.41, 5.74) is -1.17. The van der Waals surface area contributed by atoms with E-state index in [1.165, 1.54) is 6.07 Å². The van der Waals surface area contributed by atoms with Crippen LogP contribution < -0.4 is 5.32 Å². The fraction of sp³-hybridized carbons (Fsp3) is 0.385. The highest BCUT2D eigenvalue weighted by molar-refractivity contribution is 5.96. The first-order valence-corrected chi connectivity index (χ1v) is 5.96. The molecule has 0 unspecified atom stereocenters. The molecule has 0 radical (unpaired) electrons. The lowest BCUT2D eigenvalue weighted by atomic mass is 10.1. The van der Waals surface area contributed by atoms with Crippen LogP contribution in [-0.4, -0.2) is 23.0 Å². The summed E-state index contributed by atoms with van der Waals surface area (Å²) < 4.78 is 37.6. The Morgan fingerprint density at radius 2 is 2.00 bits per heavy atom. The van der Waals surface area contributed by atoms with E-state index in [1.54, 1.807) is 6.92 Å². The van der Waals surface area contributed by atoms with E-state index in [1.807, 2.05) is 0 Å². The minimum absolute atomic E-state index is 0.208. The van der Waals surface area contributed by atoms with Gasteiger partial charge in [-0.25, -0.2) is 4.79 Å². The van der Waals surface area contributed by atoms with Crippen molar-refractivity contribution in [1.29, 1.82) is 0 Å². The largest absolute Gasteiger partial charge is 0.480 e. The molecule has 1 aromatic carbocycles. The average Bonchev–Trinajstić information content (AvgIpc) is 2.37. The average molecular weight is 289 g/mol. The maximum Gasteiger partial charge on any atom is 0.416 e. The Hall–Kier alpha value is -2.05. The summed E-state index contributed by atoms with van der Waals surface area (Å²) in [7, 11) is 0. The number of carbonyl (C=O) groups is 2. The lowest BCUT2D eigenvalue weighted by Crippen LogP contribution is -2.40. The number of carboxylic acids is 1. The molecule has 0 heterocycles. The summed E-state index contributed by atoms with van der Waals surface area (Å²) in [4.78, 5) is 22.7. The van der Waals surface area contributed by atoms with Gasteiger partial charge < -0.3 is 10.4 Å². The van der Waals surface area contributed by atoms with Crippen molar-refractivity contribution in [3.05, 3.63) is 35.4 Å². The Morgan fingerprint density at radius 1 is 1.35 bits per heavy atom. The normalized spacial score (nSPS) is 12.8. The van der Waals surface area contributed by atoms with Crippen LogP contribution in [0.2, 0.25) is 0 Å². The molecule has 1 aromatic rings. The van der Waals surface area contributed by atoms with Gasteiger partial charge in [-0.1, -0.05) is 19.4 Å². The van der Waals surface area contributed by atoms with Crippen molar-refractivity contribution < 1.29 is 27.9 Å². The summed E-state index contributed by atoms with van der Waals surface area (Å²) in [6, 6.07) is 2.74. The number of carbonyl (C=O) groups excluding carboxylic acids is 1. The molecule has 0 fully saturated rings. The van der Waals surface area contributed by atoms with Gasteiger partial charge in [-0.15, -0.1) is 0 Å². The minimum atomic E-state index is -4.55. The van der Waals surface area contributed by atoms with Gasteiger partial charge in [-0.2, -0.15) is 13.2 Å². The van der Waals surface area contributed by atoms with Gasteiger partial charge in [0.05, 0.1) is 5.56 Å². The predicted molar refractivity (Wildman–Crippen MR) is 65.2 cm³/mol. The van der Waals surface area contributed by atoms with Crippen molar-refractivity contribution in [1.82, 2.24) is 5.32 Å². The van der Waals surface area contributed by atoms with Gasteiger partial charge >= 0.3 is 12.1 Å². The van der Waals surface area contributed by atoms with E-state index < -0.39 is 29.7 Å². The van der Waals surface area contributed by atoms with Crippen molar-refractivity contribution in [2.75, 3.05) is 0 Å². The zero-order valence-electron chi connectivity index (χ0n) is 10.7. The highest BCUT2D eigenvalue weighted by atomic mass is 19.4. The second-order valence-electron chi connectivity index (χ2n) is 4.23. The number of amides is 1. The Morgan fingerprint density at radius 3 is 2.50 bits per heavy atom. The maximum atomic E-state index is 12.5. The van der Waals surface area contributed by atoms with Gasteiger partial charge in [-0.3, -0.25) is 4.79 Å². The van der Waals surface area contributed by atoms with Crippen molar-refractivity contribution in [3.63, 3.8) is 0 Å². The van der Waals surface area contributed by atoms with Crippen LogP contribution in [0.1, 0.15) is 35.7 Å². The molecule has 1 atom stereocenters. The van der Waals surface area contributed by atoms with E-state index in [0.29, 0.717) is 12.5 Å². The van der Waals surface area contributed by atoms with Crippen molar-refractivity contribution in [2.24, 2.45) is 0 Å². The summed E-state index contributed by atoms with van der Waals surface area (Å²) in [5, 5.41) is 11.1. The van der Waals surface area contributed by atoms with Gasteiger partial charge in [0.2, 0.25) is 0 Å². The molecule has 1 amide bonds. The molecule has 1 rings (SSSR count). The van der Waals surface area contributed by atoms with Crippen LogP contribution >= 0.6 is 0 Å². The molecule has 0 aliphatic rings. The SMILES string of the molecule is CCC[C@@H](NC(=O)c1cccc(C(F)(F)F)c1)C(=O)O. The Balaban J connectivity index is 2.89. The molecule has 0 bridgehead atoms. The van der Waals surface area contributed by atoms with E-state index in [0.717, 1.165) is 12.1 Å².